The lowest BCUT2D eigenvalue weighted by Gasteiger charge is -2.21. The topological polar surface area (TPSA) is 31.4 Å². The van der Waals surface area contributed by atoms with E-state index in [9.17, 15) is 0 Å². The van der Waals surface area contributed by atoms with Crippen molar-refractivity contribution in [2.24, 2.45) is 0 Å². The highest BCUT2D eigenvalue weighted by molar-refractivity contribution is 5.37. The molecule has 1 heterocycles. The van der Waals surface area contributed by atoms with Crippen molar-refractivity contribution in [1.82, 2.24) is 4.98 Å². The highest BCUT2D eigenvalue weighted by Gasteiger charge is 2.26. The average molecular weight is 249 g/mol. The quantitative estimate of drug-likeness (QED) is 0.815. The highest BCUT2D eigenvalue weighted by atomic mass is 16.5. The molecule has 0 radical (unpaired) electrons. The minimum atomic E-state index is 0.0210. The van der Waals surface area contributed by atoms with E-state index in [2.05, 4.69) is 25.8 Å². The molecule has 3 heteroatoms. The van der Waals surface area contributed by atoms with Gasteiger partial charge < -0.3 is 9.47 Å². The predicted octanol–water partition coefficient (Wildman–Crippen LogP) is 3.71. The maximum absolute atomic E-state index is 5.84. The van der Waals surface area contributed by atoms with Gasteiger partial charge in [-0.15, -0.1) is 0 Å². The molecular formula is C15H23NO2. The molecule has 0 atom stereocenters. The summed E-state index contributed by atoms with van der Waals surface area (Å²) in [4.78, 5) is 4.62. The second-order valence-electron chi connectivity index (χ2n) is 6.23. The number of hydrogen-bond donors (Lipinski definition) is 0. The Labute approximate surface area is 110 Å². The third kappa shape index (κ3) is 3.37. The maximum atomic E-state index is 5.84. The molecule has 2 rings (SSSR count). The number of hydrogen-bond acceptors (Lipinski definition) is 3. The van der Waals surface area contributed by atoms with E-state index in [1.807, 2.05) is 26.0 Å². The molecule has 1 fully saturated rings. The van der Waals surface area contributed by atoms with Gasteiger partial charge in [-0.05, 0) is 38.8 Å². The normalized spacial score (nSPS) is 15.9. The molecule has 0 aliphatic heterocycles. The van der Waals surface area contributed by atoms with Crippen molar-refractivity contribution >= 4 is 0 Å². The fourth-order valence-electron chi connectivity index (χ4n) is 1.61. The Hall–Kier alpha value is -1.25. The third-order valence-electron chi connectivity index (χ3n) is 2.76. The smallest absolute Gasteiger partial charge is 0.257 e. The monoisotopic (exact) mass is 249 g/mol. The van der Waals surface area contributed by atoms with Gasteiger partial charge in [-0.1, -0.05) is 20.8 Å². The molecule has 100 valence electrons. The predicted molar refractivity (Wildman–Crippen MR) is 72.4 cm³/mol. The summed E-state index contributed by atoms with van der Waals surface area (Å²) in [5.74, 6) is 1.41. The summed E-state index contributed by atoms with van der Waals surface area (Å²) in [6.07, 6.45) is 2.75. The van der Waals surface area contributed by atoms with Crippen LogP contribution in [0.4, 0.5) is 0 Å². The van der Waals surface area contributed by atoms with E-state index in [1.54, 1.807) is 0 Å². The number of aromatic nitrogens is 1. The largest absolute Gasteiger partial charge is 0.485 e. The molecule has 1 aromatic heterocycles. The van der Waals surface area contributed by atoms with E-state index < -0.39 is 0 Å². The van der Waals surface area contributed by atoms with E-state index in [0.717, 1.165) is 24.3 Å². The van der Waals surface area contributed by atoms with Gasteiger partial charge in [0.2, 0.25) is 0 Å². The van der Waals surface area contributed by atoms with E-state index >= 15 is 0 Å². The number of rotatable bonds is 4. The Balaban J connectivity index is 2.27. The average Bonchev–Trinajstić information content (AvgIpc) is 3.02. The van der Waals surface area contributed by atoms with Crippen LogP contribution in [0, 0.1) is 0 Å². The number of ether oxygens (including phenoxy) is 2. The van der Waals surface area contributed by atoms with Crippen molar-refractivity contribution in [3.63, 3.8) is 0 Å². The van der Waals surface area contributed by atoms with Crippen LogP contribution < -0.4 is 9.47 Å². The Kier molecular flexibility index (Phi) is 3.51. The van der Waals surface area contributed by atoms with Crippen LogP contribution >= 0.6 is 0 Å². The summed E-state index contributed by atoms with van der Waals surface area (Å²) in [5.41, 5.74) is 1.05. The van der Waals surface area contributed by atoms with Crippen molar-refractivity contribution in [2.75, 3.05) is 0 Å². The molecule has 1 saturated carbocycles. The van der Waals surface area contributed by atoms with Crippen LogP contribution in [0.25, 0.3) is 0 Å². The Morgan fingerprint density at radius 2 is 1.89 bits per heavy atom. The van der Waals surface area contributed by atoms with E-state index in [-0.39, 0.29) is 11.5 Å². The van der Waals surface area contributed by atoms with Gasteiger partial charge >= 0.3 is 0 Å². The van der Waals surface area contributed by atoms with Crippen molar-refractivity contribution in [3.8, 4) is 11.6 Å². The highest BCUT2D eigenvalue weighted by Crippen LogP contribution is 2.34. The molecule has 0 spiro atoms. The van der Waals surface area contributed by atoms with Crippen LogP contribution in [0.2, 0.25) is 0 Å². The minimum Gasteiger partial charge on any atom is -0.485 e. The van der Waals surface area contributed by atoms with Gasteiger partial charge in [-0.25, -0.2) is 4.98 Å². The second-order valence-corrected chi connectivity index (χ2v) is 6.23. The fraction of sp³-hybridized carbons (Fsp3) is 0.667. The Bertz CT molecular complexity index is 417. The van der Waals surface area contributed by atoms with Crippen LogP contribution in [0.15, 0.2) is 12.1 Å². The molecule has 0 saturated heterocycles. The molecule has 0 bridgehead atoms. The van der Waals surface area contributed by atoms with E-state index in [4.69, 9.17) is 9.47 Å². The summed E-state index contributed by atoms with van der Waals surface area (Å²) in [6, 6.07) is 4.02. The van der Waals surface area contributed by atoms with Crippen molar-refractivity contribution in [2.45, 2.75) is 65.1 Å². The first-order chi connectivity index (χ1) is 8.36. The zero-order valence-electron chi connectivity index (χ0n) is 12.0. The van der Waals surface area contributed by atoms with Crippen molar-refractivity contribution in [1.29, 1.82) is 0 Å². The van der Waals surface area contributed by atoms with Gasteiger partial charge in [-0.3, -0.25) is 0 Å². The van der Waals surface area contributed by atoms with Crippen LogP contribution in [-0.4, -0.2) is 17.2 Å². The molecule has 0 unspecified atom stereocenters. The Morgan fingerprint density at radius 1 is 1.22 bits per heavy atom. The Morgan fingerprint density at radius 3 is 2.39 bits per heavy atom. The van der Waals surface area contributed by atoms with Crippen molar-refractivity contribution in [3.05, 3.63) is 17.8 Å². The van der Waals surface area contributed by atoms with Crippen molar-refractivity contribution < 1.29 is 9.47 Å². The third-order valence-corrected chi connectivity index (χ3v) is 2.76. The zero-order valence-corrected chi connectivity index (χ0v) is 12.0. The maximum Gasteiger partial charge on any atom is 0.257 e. The molecule has 1 aromatic rings. The molecule has 1 aliphatic carbocycles. The number of nitrogens with zero attached hydrogens (tertiary/aromatic N) is 1. The van der Waals surface area contributed by atoms with E-state index in [0.29, 0.717) is 12.0 Å². The molecule has 0 amide bonds. The summed E-state index contributed by atoms with van der Waals surface area (Å²) in [5, 5.41) is 0. The summed E-state index contributed by atoms with van der Waals surface area (Å²) in [7, 11) is 0. The van der Waals surface area contributed by atoms with Crippen LogP contribution in [0.1, 0.15) is 53.2 Å². The van der Waals surface area contributed by atoms with Crippen LogP contribution in [0.5, 0.6) is 11.6 Å². The SMILES string of the molecule is CC(C)Oc1nc(C(C)(C)C)ccc1OC1CC1. The zero-order chi connectivity index (χ0) is 13.3. The molecule has 3 nitrogen and oxygen atoms in total. The van der Waals surface area contributed by atoms with Gasteiger partial charge in [0.25, 0.3) is 5.88 Å². The van der Waals surface area contributed by atoms with Crippen LogP contribution in [0.3, 0.4) is 0 Å². The van der Waals surface area contributed by atoms with Gasteiger partial charge in [0.05, 0.1) is 17.9 Å². The van der Waals surface area contributed by atoms with Crippen LogP contribution in [-0.2, 0) is 5.41 Å². The summed E-state index contributed by atoms with van der Waals surface area (Å²) in [6.45, 7) is 10.5. The first kappa shape index (κ1) is 13.2. The first-order valence-corrected chi connectivity index (χ1v) is 6.71. The summed E-state index contributed by atoms with van der Waals surface area (Å²) < 4.78 is 11.6. The van der Waals surface area contributed by atoms with Gasteiger partial charge in [0.15, 0.2) is 5.75 Å². The molecule has 0 N–H and O–H groups in total. The molecule has 18 heavy (non-hydrogen) atoms. The lowest BCUT2D eigenvalue weighted by molar-refractivity contribution is 0.207. The molecule has 1 aliphatic rings. The second kappa shape index (κ2) is 4.79. The fourth-order valence-corrected chi connectivity index (χ4v) is 1.61. The van der Waals surface area contributed by atoms with E-state index in [1.165, 1.54) is 0 Å². The number of pyridine rings is 1. The molecular weight excluding hydrogens is 226 g/mol. The lowest BCUT2D eigenvalue weighted by Crippen LogP contribution is -2.16. The lowest BCUT2D eigenvalue weighted by atomic mass is 9.92. The summed E-state index contributed by atoms with van der Waals surface area (Å²) >= 11 is 0. The standard InChI is InChI=1S/C15H23NO2/c1-10(2)17-14-12(18-11-6-7-11)8-9-13(16-14)15(3,4)5/h8-11H,6-7H2,1-5H3. The minimum absolute atomic E-state index is 0.0210. The van der Waals surface area contributed by atoms with Gasteiger partial charge in [0.1, 0.15) is 0 Å². The molecule has 0 aromatic carbocycles. The van der Waals surface area contributed by atoms with Gasteiger partial charge in [0, 0.05) is 5.41 Å². The first-order valence-electron chi connectivity index (χ1n) is 6.71. The van der Waals surface area contributed by atoms with Gasteiger partial charge in [-0.2, -0.15) is 0 Å².